The van der Waals surface area contributed by atoms with Gasteiger partial charge >= 0.3 is 11.9 Å². The zero-order chi connectivity index (χ0) is 96.1. The molecule has 0 saturated carbocycles. The molecule has 0 fully saturated rings. The summed E-state index contributed by atoms with van der Waals surface area (Å²) >= 11 is 0. The predicted octanol–water partition coefficient (Wildman–Crippen LogP) is -11.1. The van der Waals surface area contributed by atoms with Crippen LogP contribution in [0.25, 0.3) is 0 Å². The highest BCUT2D eigenvalue weighted by molar-refractivity contribution is 6.02. The number of carbonyl (C=O) groups excluding carboxylic acids is 17. The van der Waals surface area contributed by atoms with Gasteiger partial charge in [-0.15, -0.1) is 0 Å². The molecule has 51 nitrogen and oxygen atoms in total. The van der Waals surface area contributed by atoms with Crippen molar-refractivity contribution in [3.05, 3.63) is 48.0 Å². The van der Waals surface area contributed by atoms with Gasteiger partial charge < -0.3 is 155 Å². The Morgan fingerprint density at radius 3 is 1.33 bits per heavy atom. The molecular formula is C76H125N27O24. The number of amides is 17. The van der Waals surface area contributed by atoms with Crippen LogP contribution in [0, 0.1) is 28.6 Å². The van der Waals surface area contributed by atoms with Crippen molar-refractivity contribution in [3.8, 4) is 5.75 Å². The number of nitrogens with zero attached hydrogens (tertiary/aromatic N) is 1. The van der Waals surface area contributed by atoms with E-state index in [0.29, 0.717) is 19.4 Å². The van der Waals surface area contributed by atoms with E-state index in [1.807, 2.05) is 5.32 Å². The number of guanidine groups is 2. The molecule has 127 heavy (non-hydrogen) atoms. The fourth-order valence-corrected chi connectivity index (χ4v) is 11.9. The number of unbranched alkanes of at least 4 members (excludes halogenated alkanes) is 1. The Labute approximate surface area is 730 Å². The number of aromatic nitrogens is 2. The number of phenols is 1. The number of carbonyl (C=O) groups is 19. The summed E-state index contributed by atoms with van der Waals surface area (Å²) in [6, 6.07) is -19.7. The summed E-state index contributed by atoms with van der Waals surface area (Å²) in [5.74, 6) is -25.0. The van der Waals surface area contributed by atoms with Gasteiger partial charge in [-0.2, -0.15) is 0 Å². The first-order chi connectivity index (χ1) is 59.7. The van der Waals surface area contributed by atoms with E-state index in [2.05, 4.69) is 95.0 Å². The number of benzene rings is 1. The minimum atomic E-state index is -2.12. The lowest BCUT2D eigenvalue weighted by atomic mass is 9.96. The minimum absolute atomic E-state index is 0.0390. The van der Waals surface area contributed by atoms with Crippen LogP contribution in [0.4, 0.5) is 0 Å². The van der Waals surface area contributed by atoms with E-state index in [1.165, 1.54) is 43.7 Å². The van der Waals surface area contributed by atoms with Crippen molar-refractivity contribution in [2.24, 2.45) is 52.2 Å². The number of aromatic hydroxyl groups is 1. The average molecular weight is 1800 g/mol. The Morgan fingerprint density at radius 2 is 0.843 bits per heavy atom. The van der Waals surface area contributed by atoms with Gasteiger partial charge in [-0.05, 0) is 101 Å². The lowest BCUT2D eigenvalue weighted by Crippen LogP contribution is -2.62. The lowest BCUT2D eigenvalue weighted by Gasteiger charge is -2.30. The second kappa shape index (κ2) is 56.4. The SMILES string of the molecule is CC[C@H](C)[C@H](NC(=O)[C@H](C)NC(=O)[C@H](CCCNC(=N)N)NC(=O)[C@H](CO)NC(=O)[C@H](Cc1c[nH]cn1)NC(=O)[C@H](Cc1ccc(O)cc1)NC(=O)[C@H](C)NC(=O)[C@H](CC(=O)O)NC(=O)[C@H](CC(N)=O)NC(=O)[C@H](CO)NC(=O)CNC(=O)[C@@H](N)CCCCN)C(=O)N[C@@H](CCC(N)=O)C(=O)N[C@H](C(=O)N[C@H](C(=O)N[C@@H](CCCNC(=N)N)C(=O)O)C(C)C)C(C)C. The molecule has 708 valence electrons. The molecule has 0 radical (unpaired) electrons. The number of rotatable bonds is 60. The molecule has 1 aromatic heterocycles. The van der Waals surface area contributed by atoms with E-state index in [0.717, 1.165) is 6.92 Å². The maximum atomic E-state index is 14.7. The number of hydrogen-bond donors (Lipinski definition) is 31. The molecule has 2 aromatic rings. The van der Waals surface area contributed by atoms with Crippen LogP contribution in [-0.4, -0.2) is 290 Å². The fraction of sp³-hybridized carbons (Fsp3) is 0.605. The molecule has 37 N–H and O–H groups in total. The van der Waals surface area contributed by atoms with E-state index >= 15 is 0 Å². The van der Waals surface area contributed by atoms with Crippen molar-refractivity contribution >= 4 is 124 Å². The van der Waals surface area contributed by atoms with Crippen molar-refractivity contribution in [2.75, 3.05) is 39.4 Å². The number of primary amides is 2. The molecule has 2 rings (SSSR count). The molecule has 1 aromatic carbocycles. The summed E-state index contributed by atoms with van der Waals surface area (Å²) in [5.41, 5.74) is 33.2. The van der Waals surface area contributed by atoms with Gasteiger partial charge in [-0.25, -0.2) is 9.78 Å². The highest BCUT2D eigenvalue weighted by Crippen LogP contribution is 2.16. The topological polar surface area (TPSA) is 862 Å². The second-order valence-corrected chi connectivity index (χ2v) is 30.6. The summed E-state index contributed by atoms with van der Waals surface area (Å²) in [6.45, 7) is 9.02. The quantitative estimate of drug-likeness (QED) is 0.0166. The highest BCUT2D eigenvalue weighted by atomic mass is 16.4. The van der Waals surface area contributed by atoms with Crippen LogP contribution in [0.1, 0.15) is 144 Å². The number of aliphatic hydroxyl groups is 2. The van der Waals surface area contributed by atoms with E-state index in [1.54, 1.807) is 41.5 Å². The number of nitrogens with one attached hydrogen (secondary N) is 20. The van der Waals surface area contributed by atoms with Crippen LogP contribution < -0.4 is 125 Å². The van der Waals surface area contributed by atoms with Gasteiger partial charge in [0.25, 0.3) is 0 Å². The van der Waals surface area contributed by atoms with Crippen molar-refractivity contribution in [1.29, 1.82) is 10.8 Å². The molecule has 0 aliphatic heterocycles. The molecule has 0 aliphatic carbocycles. The standard InChI is InChI=1S/C76H125N27O24/c1-9-37(6)59(73(125)94-45(21-22-53(79)107)64(116)101-58(36(4)5)72(124)102-57(35(2)3)71(123)95-46(74(126)127)16-13-25-87-76(83)84)103-61(113)39(8)90-63(115)44(15-12-24-86-75(81)82)93-70(122)52(33-105)100-67(119)48(27-41-30-85-34-89-41)97-66(118)47(26-40-17-19-42(106)20-18-40)96-60(112)38(7)91-65(117)50(29-56(110)111)99-68(120)49(28-54(80)108)98-69(121)51(32-104)92-55(109)31-88-62(114)43(78)14-10-11-23-77/h17-20,30,34-39,43-52,57-59,104-106H,9-16,21-29,31-33,77-78H2,1-8H3,(H2,79,107)(H2,80,108)(H,85,89)(H,88,114)(H,90,115)(H,91,117)(H,92,109)(H,93,122)(H,94,125)(H,95,123)(H,96,112)(H,97,118)(H,98,121)(H,99,120)(H,100,119)(H,101,116)(H,102,124)(H,103,113)(H,110,111)(H,126,127)(H4,81,82,86)(H4,83,84,87)/t37-,38-,39-,43-,44-,45-,46-,47-,48-,49-,50-,51-,52-,57-,58-,59-/m0/s1. The normalized spacial score (nSPS) is 14.8. The van der Waals surface area contributed by atoms with Gasteiger partial charge in [0.05, 0.1) is 50.7 Å². The summed E-state index contributed by atoms with van der Waals surface area (Å²) in [6.07, 6.45) is -0.355. The summed E-state index contributed by atoms with van der Waals surface area (Å²) < 4.78 is 0. The molecule has 1 heterocycles. The Morgan fingerprint density at radius 1 is 0.433 bits per heavy atom. The third-order valence-electron chi connectivity index (χ3n) is 19.4. The smallest absolute Gasteiger partial charge is 0.326 e. The van der Waals surface area contributed by atoms with Gasteiger partial charge in [0.1, 0.15) is 90.3 Å². The van der Waals surface area contributed by atoms with Gasteiger partial charge in [-0.3, -0.25) is 97.1 Å². The van der Waals surface area contributed by atoms with E-state index in [4.69, 9.17) is 45.2 Å². The second-order valence-electron chi connectivity index (χ2n) is 30.6. The molecule has 0 spiro atoms. The molecule has 51 heteroatoms. The number of aliphatic carboxylic acids is 2. The third kappa shape index (κ3) is 41.3. The average Bonchev–Trinajstić information content (AvgIpc) is 1.84. The van der Waals surface area contributed by atoms with E-state index < -0.39 is 285 Å². The predicted molar refractivity (Wildman–Crippen MR) is 450 cm³/mol. The van der Waals surface area contributed by atoms with Crippen LogP contribution in [0.2, 0.25) is 0 Å². The number of carboxylic acid groups (broad SMARTS) is 2. The maximum absolute atomic E-state index is 14.7. The first kappa shape index (κ1) is 110. The molecule has 0 unspecified atom stereocenters. The number of carboxylic acids is 2. The number of H-pyrrole nitrogens is 1. The third-order valence-corrected chi connectivity index (χ3v) is 19.4. The maximum Gasteiger partial charge on any atom is 0.326 e. The van der Waals surface area contributed by atoms with Gasteiger partial charge in [-0.1, -0.05) is 66.5 Å². The van der Waals surface area contributed by atoms with Crippen LogP contribution in [0.15, 0.2) is 36.8 Å². The fourth-order valence-electron chi connectivity index (χ4n) is 11.9. The molecule has 16 atom stereocenters. The van der Waals surface area contributed by atoms with E-state index in [-0.39, 0.29) is 74.6 Å². The van der Waals surface area contributed by atoms with Gasteiger partial charge in [0, 0.05) is 38.5 Å². The molecular weight excluding hydrogens is 1680 g/mol. The zero-order valence-electron chi connectivity index (χ0n) is 71.9. The first-order valence-corrected chi connectivity index (χ1v) is 40.8. The number of aliphatic hydroxyl groups excluding tert-OH is 2. The van der Waals surface area contributed by atoms with Gasteiger partial charge in [0.15, 0.2) is 11.9 Å². The number of phenolic OH excluding ortho intramolecular Hbond substituents is 1. The number of hydrogen-bond acceptors (Lipinski definition) is 27. The van der Waals surface area contributed by atoms with E-state index in [9.17, 15) is 117 Å². The molecule has 0 bridgehead atoms. The van der Waals surface area contributed by atoms with Crippen molar-refractivity contribution in [2.45, 2.75) is 236 Å². The van der Waals surface area contributed by atoms with Crippen LogP contribution in [0.5, 0.6) is 5.75 Å². The summed E-state index contributed by atoms with van der Waals surface area (Å²) in [7, 11) is 0. The Kier molecular flexibility index (Phi) is 48.7. The summed E-state index contributed by atoms with van der Waals surface area (Å²) in [4.78, 5) is 264. The number of nitrogens with two attached hydrogens (primary N) is 6. The highest BCUT2D eigenvalue weighted by Gasteiger charge is 2.40. The molecule has 0 aliphatic rings. The molecule has 17 amide bonds. The van der Waals surface area contributed by atoms with Crippen LogP contribution >= 0.6 is 0 Å². The van der Waals surface area contributed by atoms with Crippen molar-refractivity contribution in [1.82, 2.24) is 100 Å². The zero-order valence-corrected chi connectivity index (χ0v) is 71.9. The number of imidazole rings is 1. The Balaban J connectivity index is 2.47. The largest absolute Gasteiger partial charge is 0.508 e. The Bertz CT molecular complexity index is 4100. The number of aromatic amines is 1. The minimum Gasteiger partial charge on any atom is -0.508 e. The van der Waals surface area contributed by atoms with Gasteiger partial charge in [0.2, 0.25) is 100 Å². The van der Waals surface area contributed by atoms with Crippen molar-refractivity contribution in [3.63, 3.8) is 0 Å². The van der Waals surface area contributed by atoms with Crippen LogP contribution in [-0.2, 0) is 104 Å². The monoisotopic (exact) mass is 1800 g/mol. The molecule has 0 saturated heterocycles. The first-order valence-electron chi connectivity index (χ1n) is 40.8. The van der Waals surface area contributed by atoms with Crippen molar-refractivity contribution < 1.29 is 117 Å². The Hall–Kier alpha value is -13.5. The lowest BCUT2D eigenvalue weighted by molar-refractivity contribution is -0.143. The van der Waals surface area contributed by atoms with Crippen LogP contribution in [0.3, 0.4) is 0 Å². The summed E-state index contributed by atoms with van der Waals surface area (Å²) in [5, 5.41) is 106.